The van der Waals surface area contributed by atoms with Crippen molar-refractivity contribution in [2.24, 2.45) is 0 Å². The molecule has 0 fully saturated rings. The van der Waals surface area contributed by atoms with Gasteiger partial charge < -0.3 is 0 Å². The van der Waals surface area contributed by atoms with Gasteiger partial charge in [0.05, 0.1) is 5.02 Å². The molecule has 0 aliphatic heterocycles. The third-order valence-electron chi connectivity index (χ3n) is 4.64. The van der Waals surface area contributed by atoms with Gasteiger partial charge in [-0.1, -0.05) is 78.3 Å². The summed E-state index contributed by atoms with van der Waals surface area (Å²) >= 11 is 6.79. The van der Waals surface area contributed by atoms with Crippen molar-refractivity contribution in [1.82, 2.24) is 0 Å². The van der Waals surface area contributed by atoms with Gasteiger partial charge >= 0.3 is 0 Å². The van der Waals surface area contributed by atoms with Crippen LogP contribution in [0, 0.1) is 0 Å². The Labute approximate surface area is 180 Å². The van der Waals surface area contributed by atoms with Gasteiger partial charge in [-0.3, -0.25) is 0 Å². The molecule has 0 nitrogen and oxygen atoms in total. The number of halogens is 1. The van der Waals surface area contributed by atoms with Gasteiger partial charge in [-0.05, 0) is 48.5 Å². The molecule has 0 aliphatic rings. The van der Waals surface area contributed by atoms with Crippen LogP contribution in [-0.2, 0) is 20.4 Å². The van der Waals surface area contributed by atoms with E-state index in [2.05, 4.69) is 103 Å². The molecule has 3 heteroatoms. The molecule has 0 atom stereocenters. The Morgan fingerprint density at radius 2 is 0.778 bits per heavy atom. The normalized spacial score (nSPS) is 10.9. The molecule has 4 aromatic rings. The third-order valence-corrected chi connectivity index (χ3v) is 9.44. The molecule has 0 bridgehead atoms. The predicted molar refractivity (Wildman–Crippen MR) is 116 cm³/mol. The Morgan fingerprint density at radius 1 is 0.444 bits per heavy atom. The molecule has 0 saturated heterocycles. The molecule has 136 valence electrons. The first-order valence-electron chi connectivity index (χ1n) is 8.64. The van der Waals surface area contributed by atoms with Crippen LogP contribution in [0.1, 0.15) is 0 Å². The summed E-state index contributed by atoms with van der Waals surface area (Å²) in [5.41, 5.74) is 0. The molecular weight excluding hydrogens is 461 g/mol. The molecule has 0 spiro atoms. The molecule has 0 aromatic heterocycles. The number of hydrogen-bond donors (Lipinski definition) is 0. The summed E-state index contributed by atoms with van der Waals surface area (Å²) in [6.07, 6.45) is 0. The van der Waals surface area contributed by atoms with Gasteiger partial charge in [0.1, 0.15) is 28.5 Å². The van der Waals surface area contributed by atoms with Crippen LogP contribution in [0.2, 0.25) is 5.02 Å². The zero-order chi connectivity index (χ0) is 17.8. The standard InChI is InChI=1S/C24H19ClP.Pd/c25-23-18-10-11-19-24(23)26(20-12-4-1-5-13-20,21-14-6-2-7-15-21)22-16-8-3-9-17-22;/h1-19H;/q+1;. The molecule has 0 heterocycles. The zero-order valence-corrected chi connectivity index (χ0v) is 17.8. The van der Waals surface area contributed by atoms with E-state index < -0.39 is 7.26 Å². The summed E-state index contributed by atoms with van der Waals surface area (Å²) in [5.74, 6) is 0. The van der Waals surface area contributed by atoms with E-state index in [1.165, 1.54) is 21.2 Å². The molecule has 0 aliphatic carbocycles. The van der Waals surface area contributed by atoms with E-state index in [-0.39, 0.29) is 20.4 Å². The molecule has 0 amide bonds. The summed E-state index contributed by atoms with van der Waals surface area (Å²) in [4.78, 5) is 0. The van der Waals surface area contributed by atoms with Crippen molar-refractivity contribution in [2.75, 3.05) is 0 Å². The molecule has 27 heavy (non-hydrogen) atoms. The van der Waals surface area contributed by atoms with Gasteiger partial charge in [0.2, 0.25) is 0 Å². The third kappa shape index (κ3) is 3.67. The Balaban J connectivity index is 0.00000210. The summed E-state index contributed by atoms with van der Waals surface area (Å²) in [7, 11) is -2.08. The van der Waals surface area contributed by atoms with Crippen molar-refractivity contribution in [3.63, 3.8) is 0 Å². The summed E-state index contributed by atoms with van der Waals surface area (Å²) in [6.45, 7) is 0. The van der Waals surface area contributed by atoms with Crippen LogP contribution in [0.3, 0.4) is 0 Å². The smallest absolute Gasteiger partial charge is 0.0800 e. The molecular formula is C24H19ClPPd+. The average molecular weight is 480 g/mol. The van der Waals surface area contributed by atoms with Gasteiger partial charge in [0.25, 0.3) is 0 Å². The van der Waals surface area contributed by atoms with Gasteiger partial charge in [-0.2, -0.15) is 0 Å². The molecule has 4 rings (SSSR count). The molecule has 0 unspecified atom stereocenters. The topological polar surface area (TPSA) is 0 Å². The van der Waals surface area contributed by atoms with E-state index >= 15 is 0 Å². The molecule has 0 radical (unpaired) electrons. The van der Waals surface area contributed by atoms with E-state index in [4.69, 9.17) is 11.6 Å². The van der Waals surface area contributed by atoms with Crippen LogP contribution in [0.5, 0.6) is 0 Å². The summed E-state index contributed by atoms with van der Waals surface area (Å²) < 4.78 is 0. The van der Waals surface area contributed by atoms with E-state index in [1.54, 1.807) is 0 Å². The Morgan fingerprint density at radius 3 is 1.15 bits per heavy atom. The first-order chi connectivity index (χ1) is 12.8. The number of rotatable bonds is 4. The van der Waals surface area contributed by atoms with Crippen LogP contribution >= 0.6 is 18.9 Å². The maximum atomic E-state index is 6.79. The largest absolute Gasteiger partial charge is 0.145 e. The first-order valence-corrected chi connectivity index (χ1v) is 10.8. The fourth-order valence-corrected chi connectivity index (χ4v) is 8.35. The Bertz CT molecular complexity index is 892. The van der Waals surface area contributed by atoms with Crippen LogP contribution in [0.25, 0.3) is 0 Å². The van der Waals surface area contributed by atoms with Crippen LogP contribution in [0.15, 0.2) is 115 Å². The quantitative estimate of drug-likeness (QED) is 0.286. The Hall–Kier alpha value is -1.74. The monoisotopic (exact) mass is 479 g/mol. The SMILES string of the molecule is Clc1ccccc1[P+](c1ccccc1)(c1ccccc1)c1ccccc1.[Pd]. The maximum absolute atomic E-state index is 6.79. The maximum Gasteiger partial charge on any atom is 0.145 e. The van der Waals surface area contributed by atoms with E-state index in [9.17, 15) is 0 Å². The van der Waals surface area contributed by atoms with Crippen molar-refractivity contribution in [1.29, 1.82) is 0 Å². The second-order valence-electron chi connectivity index (χ2n) is 6.13. The van der Waals surface area contributed by atoms with Crippen LogP contribution in [0.4, 0.5) is 0 Å². The van der Waals surface area contributed by atoms with E-state index in [1.807, 2.05) is 12.1 Å². The van der Waals surface area contributed by atoms with Crippen molar-refractivity contribution >= 4 is 40.1 Å². The van der Waals surface area contributed by atoms with Gasteiger partial charge in [-0.25, -0.2) is 0 Å². The minimum absolute atomic E-state index is 0. The fraction of sp³-hybridized carbons (Fsp3) is 0. The van der Waals surface area contributed by atoms with E-state index in [0.29, 0.717) is 0 Å². The minimum Gasteiger partial charge on any atom is -0.0800 e. The second-order valence-corrected chi connectivity index (χ2v) is 9.91. The Kier molecular flexibility index (Phi) is 6.65. The van der Waals surface area contributed by atoms with Crippen molar-refractivity contribution in [3.8, 4) is 0 Å². The number of benzene rings is 4. The van der Waals surface area contributed by atoms with E-state index in [0.717, 1.165) is 5.02 Å². The van der Waals surface area contributed by atoms with Gasteiger partial charge in [0, 0.05) is 20.4 Å². The average Bonchev–Trinajstić information content (AvgIpc) is 2.72. The minimum atomic E-state index is -2.08. The van der Waals surface area contributed by atoms with Gasteiger partial charge in [0.15, 0.2) is 0 Å². The van der Waals surface area contributed by atoms with Crippen LogP contribution in [-0.4, -0.2) is 0 Å². The number of hydrogen-bond acceptors (Lipinski definition) is 0. The van der Waals surface area contributed by atoms with Crippen molar-refractivity contribution in [2.45, 2.75) is 0 Å². The summed E-state index contributed by atoms with van der Waals surface area (Å²) in [6, 6.07) is 40.6. The summed E-state index contributed by atoms with van der Waals surface area (Å²) in [5, 5.41) is 5.95. The van der Waals surface area contributed by atoms with Crippen LogP contribution < -0.4 is 21.2 Å². The molecule has 0 N–H and O–H groups in total. The molecule has 0 saturated carbocycles. The van der Waals surface area contributed by atoms with Crippen molar-refractivity contribution < 1.29 is 20.4 Å². The first kappa shape index (κ1) is 20.0. The fourth-order valence-electron chi connectivity index (χ4n) is 3.54. The zero-order valence-electron chi connectivity index (χ0n) is 14.6. The predicted octanol–water partition coefficient (Wildman–Crippen LogP) is 4.96. The molecule has 4 aromatic carbocycles. The van der Waals surface area contributed by atoms with Crippen molar-refractivity contribution in [3.05, 3.63) is 120 Å². The second kappa shape index (κ2) is 8.97. The van der Waals surface area contributed by atoms with Gasteiger partial charge in [-0.15, -0.1) is 0 Å².